The summed E-state index contributed by atoms with van der Waals surface area (Å²) in [6, 6.07) is 1.44. The number of rotatable bonds is 4. The minimum Gasteiger partial charge on any atom is -0.450 e. The second-order valence-corrected chi connectivity index (χ2v) is 3.12. The summed E-state index contributed by atoms with van der Waals surface area (Å²) in [5, 5.41) is 0.134. The van der Waals surface area contributed by atoms with Crippen LogP contribution in [0.1, 0.15) is 21.9 Å². The third-order valence-electron chi connectivity index (χ3n) is 1.62. The van der Waals surface area contributed by atoms with E-state index >= 15 is 0 Å². The van der Waals surface area contributed by atoms with Crippen molar-refractivity contribution in [1.82, 2.24) is 0 Å². The van der Waals surface area contributed by atoms with Crippen LogP contribution in [0.3, 0.4) is 0 Å². The van der Waals surface area contributed by atoms with Gasteiger partial charge in [-0.2, -0.15) is 0 Å². The predicted molar refractivity (Wildman–Crippen MR) is 57.1 cm³/mol. The first-order valence-electron chi connectivity index (χ1n) is 3.80. The molecule has 0 aliphatic heterocycles. The SMILES string of the molecule is C=Cc1cc(C(=O)CBr)oc1C(=C)F. The molecule has 0 saturated heterocycles. The molecule has 0 radical (unpaired) electrons. The van der Waals surface area contributed by atoms with E-state index in [2.05, 4.69) is 29.1 Å². The summed E-state index contributed by atoms with van der Waals surface area (Å²) in [6.45, 7) is 6.58. The van der Waals surface area contributed by atoms with Crippen LogP contribution in [0.4, 0.5) is 4.39 Å². The van der Waals surface area contributed by atoms with E-state index < -0.39 is 5.83 Å². The van der Waals surface area contributed by atoms with E-state index in [-0.39, 0.29) is 22.6 Å². The van der Waals surface area contributed by atoms with Crippen molar-refractivity contribution in [1.29, 1.82) is 0 Å². The standard InChI is InChI=1S/C10H8BrFO2/c1-3-7-4-9(8(13)5-11)14-10(7)6(2)12/h3-4H,1-2,5H2. The van der Waals surface area contributed by atoms with Crippen LogP contribution in [0.5, 0.6) is 0 Å². The summed E-state index contributed by atoms with van der Waals surface area (Å²) in [4.78, 5) is 11.2. The Kier molecular flexibility index (Phi) is 3.41. The maximum Gasteiger partial charge on any atom is 0.208 e. The molecule has 1 rings (SSSR count). The number of furan rings is 1. The number of carbonyl (C=O) groups is 1. The molecule has 4 heteroatoms. The zero-order valence-electron chi connectivity index (χ0n) is 7.35. The summed E-state index contributed by atoms with van der Waals surface area (Å²) in [5.74, 6) is -0.899. The molecule has 1 aromatic rings. The molecule has 0 saturated carbocycles. The minimum absolute atomic E-state index is 0.0377. The zero-order valence-corrected chi connectivity index (χ0v) is 8.93. The van der Waals surface area contributed by atoms with Crippen LogP contribution in [0, 0.1) is 0 Å². The number of Topliss-reactive ketones (excluding diaryl/α,β-unsaturated/α-hetero) is 1. The van der Waals surface area contributed by atoms with Crippen LogP contribution in [-0.4, -0.2) is 11.1 Å². The van der Waals surface area contributed by atoms with E-state index in [4.69, 9.17) is 4.42 Å². The van der Waals surface area contributed by atoms with Crippen molar-refractivity contribution >= 4 is 33.6 Å². The van der Waals surface area contributed by atoms with E-state index in [9.17, 15) is 9.18 Å². The number of halogens is 2. The quantitative estimate of drug-likeness (QED) is 0.612. The Balaban J connectivity index is 3.19. The third-order valence-corrected chi connectivity index (χ3v) is 2.13. The van der Waals surface area contributed by atoms with Gasteiger partial charge in [0.05, 0.1) is 5.33 Å². The molecule has 0 unspecified atom stereocenters. The highest BCUT2D eigenvalue weighted by Gasteiger charge is 2.15. The van der Waals surface area contributed by atoms with Crippen molar-refractivity contribution in [2.75, 3.05) is 5.33 Å². The minimum atomic E-state index is -0.714. The lowest BCUT2D eigenvalue weighted by Crippen LogP contribution is -1.96. The Labute approximate surface area is 89.2 Å². The van der Waals surface area contributed by atoms with Gasteiger partial charge in [-0.1, -0.05) is 35.2 Å². The summed E-state index contributed by atoms with van der Waals surface area (Å²) < 4.78 is 17.8. The van der Waals surface area contributed by atoms with Crippen molar-refractivity contribution in [3.63, 3.8) is 0 Å². The van der Waals surface area contributed by atoms with Gasteiger partial charge >= 0.3 is 0 Å². The van der Waals surface area contributed by atoms with Crippen molar-refractivity contribution in [3.05, 3.63) is 36.3 Å². The molecule has 1 heterocycles. The number of hydrogen-bond acceptors (Lipinski definition) is 2. The highest BCUT2D eigenvalue weighted by atomic mass is 79.9. The van der Waals surface area contributed by atoms with Gasteiger partial charge in [0.1, 0.15) is 0 Å². The molecule has 1 aromatic heterocycles. The predicted octanol–water partition coefficient (Wildman–Crippen LogP) is 3.44. The Hall–Kier alpha value is -1.16. The van der Waals surface area contributed by atoms with Gasteiger partial charge in [-0.15, -0.1) is 0 Å². The molecule has 0 atom stereocenters. The first-order valence-corrected chi connectivity index (χ1v) is 4.92. The largest absolute Gasteiger partial charge is 0.450 e. The Morgan fingerprint density at radius 2 is 2.36 bits per heavy atom. The normalized spacial score (nSPS) is 9.86. The average molecular weight is 259 g/mol. The summed E-state index contributed by atoms with van der Waals surface area (Å²) >= 11 is 2.99. The third kappa shape index (κ3) is 2.01. The van der Waals surface area contributed by atoms with Gasteiger partial charge in [-0.3, -0.25) is 4.79 Å². The second kappa shape index (κ2) is 4.37. The lowest BCUT2D eigenvalue weighted by atomic mass is 10.2. The van der Waals surface area contributed by atoms with Crippen LogP contribution in [0.15, 0.2) is 23.6 Å². The fourth-order valence-corrected chi connectivity index (χ4v) is 1.25. The van der Waals surface area contributed by atoms with Gasteiger partial charge in [-0.25, -0.2) is 4.39 Å². The van der Waals surface area contributed by atoms with E-state index in [0.717, 1.165) is 0 Å². The first kappa shape index (κ1) is 10.9. The van der Waals surface area contributed by atoms with Crippen LogP contribution in [0.2, 0.25) is 0 Å². The van der Waals surface area contributed by atoms with Gasteiger partial charge < -0.3 is 4.42 Å². The topological polar surface area (TPSA) is 30.2 Å². The van der Waals surface area contributed by atoms with E-state index in [1.165, 1.54) is 12.1 Å². The average Bonchev–Trinajstić information content (AvgIpc) is 2.60. The smallest absolute Gasteiger partial charge is 0.208 e. The molecular formula is C10H8BrFO2. The van der Waals surface area contributed by atoms with Crippen LogP contribution in [-0.2, 0) is 0 Å². The molecule has 0 aliphatic carbocycles. The summed E-state index contributed by atoms with van der Waals surface area (Å²) in [7, 11) is 0. The van der Waals surface area contributed by atoms with Gasteiger partial charge in [0.25, 0.3) is 0 Å². The molecule has 0 aromatic carbocycles. The molecule has 0 N–H and O–H groups in total. The van der Waals surface area contributed by atoms with Gasteiger partial charge in [0.15, 0.2) is 17.3 Å². The first-order chi connectivity index (χ1) is 6.60. The number of hydrogen-bond donors (Lipinski definition) is 0. The molecule has 0 amide bonds. The van der Waals surface area contributed by atoms with Gasteiger partial charge in [0.2, 0.25) is 5.78 Å². The van der Waals surface area contributed by atoms with Crippen molar-refractivity contribution < 1.29 is 13.6 Å². The Morgan fingerprint density at radius 3 is 2.71 bits per heavy atom. The molecular weight excluding hydrogens is 251 g/mol. The number of ketones is 1. The van der Waals surface area contributed by atoms with E-state index in [1.807, 2.05) is 0 Å². The van der Waals surface area contributed by atoms with Gasteiger partial charge in [-0.05, 0) is 6.07 Å². The maximum absolute atomic E-state index is 12.8. The summed E-state index contributed by atoms with van der Waals surface area (Å²) in [5.41, 5.74) is 0.432. The molecule has 2 nitrogen and oxygen atoms in total. The molecule has 0 fully saturated rings. The highest BCUT2D eigenvalue weighted by Crippen LogP contribution is 2.24. The van der Waals surface area contributed by atoms with Crippen molar-refractivity contribution in [2.24, 2.45) is 0 Å². The molecule has 14 heavy (non-hydrogen) atoms. The van der Waals surface area contributed by atoms with Crippen LogP contribution >= 0.6 is 15.9 Å². The fraction of sp³-hybridized carbons (Fsp3) is 0.100. The van der Waals surface area contributed by atoms with Gasteiger partial charge in [0, 0.05) is 5.56 Å². The summed E-state index contributed by atoms with van der Waals surface area (Å²) in [6.07, 6.45) is 1.41. The van der Waals surface area contributed by atoms with Crippen molar-refractivity contribution in [3.8, 4) is 0 Å². The lowest BCUT2D eigenvalue weighted by Gasteiger charge is -1.91. The second-order valence-electron chi connectivity index (χ2n) is 2.56. The monoisotopic (exact) mass is 258 g/mol. The zero-order chi connectivity index (χ0) is 10.7. The Bertz CT molecular complexity index is 393. The fourth-order valence-electron chi connectivity index (χ4n) is 0.972. The molecule has 74 valence electrons. The molecule has 0 bridgehead atoms. The van der Waals surface area contributed by atoms with Crippen LogP contribution in [0.25, 0.3) is 11.9 Å². The van der Waals surface area contributed by atoms with Crippen molar-refractivity contribution in [2.45, 2.75) is 0 Å². The molecule has 0 aliphatic rings. The maximum atomic E-state index is 12.8. The number of alkyl halides is 1. The van der Waals surface area contributed by atoms with E-state index in [0.29, 0.717) is 5.56 Å². The lowest BCUT2D eigenvalue weighted by molar-refractivity contribution is 0.0993. The molecule has 0 spiro atoms. The number of carbonyl (C=O) groups excluding carboxylic acids is 1. The highest BCUT2D eigenvalue weighted by molar-refractivity contribution is 9.09. The Morgan fingerprint density at radius 1 is 1.71 bits per heavy atom. The van der Waals surface area contributed by atoms with Crippen LogP contribution < -0.4 is 0 Å². The van der Waals surface area contributed by atoms with E-state index in [1.54, 1.807) is 0 Å².